The van der Waals surface area contributed by atoms with E-state index in [2.05, 4.69) is 15.3 Å². The zero-order chi connectivity index (χ0) is 19.8. The summed E-state index contributed by atoms with van der Waals surface area (Å²) in [6.45, 7) is 0. The van der Waals surface area contributed by atoms with Gasteiger partial charge < -0.3 is 15.3 Å². The highest BCUT2D eigenvalue weighted by atomic mass is 16.2. The summed E-state index contributed by atoms with van der Waals surface area (Å²) in [7, 11) is 0. The van der Waals surface area contributed by atoms with Crippen LogP contribution >= 0.6 is 0 Å². The number of carbonyl (C=O) groups is 1. The van der Waals surface area contributed by atoms with Crippen LogP contribution in [0.4, 0.5) is 5.69 Å². The Bertz CT molecular complexity index is 1410. The Labute approximate surface area is 166 Å². The number of nitrogens with one attached hydrogen (secondary N) is 3. The van der Waals surface area contributed by atoms with Crippen molar-refractivity contribution in [3.63, 3.8) is 0 Å². The fraction of sp³-hybridized carbons (Fsp3) is 0. The van der Waals surface area contributed by atoms with Crippen LogP contribution in [0.2, 0.25) is 0 Å². The van der Waals surface area contributed by atoms with E-state index >= 15 is 0 Å². The Morgan fingerprint density at radius 3 is 2.48 bits per heavy atom. The third-order valence-corrected chi connectivity index (χ3v) is 5.00. The summed E-state index contributed by atoms with van der Waals surface area (Å²) in [5.41, 5.74) is 4.22. The smallest absolute Gasteiger partial charge is 0.261 e. The van der Waals surface area contributed by atoms with Crippen molar-refractivity contribution in [3.05, 3.63) is 101 Å². The number of H-pyrrole nitrogens is 2. The van der Waals surface area contributed by atoms with E-state index in [-0.39, 0.29) is 11.0 Å². The minimum absolute atomic E-state index is 0.0860. The standard InChI is InChI=1S/C24H17N3O2/c28-23-18-8-4-5-9-21(18)25-14-19(23)24(29)26-17-10-11-20-16(12-17)13-22(27-20)15-6-2-1-3-7-15/h1-14,27H,(H,25,28)(H,26,29). The van der Waals surface area contributed by atoms with Crippen LogP contribution in [0.15, 0.2) is 89.9 Å². The summed E-state index contributed by atoms with van der Waals surface area (Å²) in [4.78, 5) is 31.7. The number of rotatable bonds is 3. The van der Waals surface area contributed by atoms with E-state index < -0.39 is 5.91 Å². The average molecular weight is 379 g/mol. The summed E-state index contributed by atoms with van der Waals surface area (Å²) in [5, 5.41) is 4.31. The molecule has 0 unspecified atom stereocenters. The molecule has 0 radical (unpaired) electrons. The summed E-state index contributed by atoms with van der Waals surface area (Å²) >= 11 is 0. The van der Waals surface area contributed by atoms with Crippen molar-refractivity contribution >= 4 is 33.4 Å². The number of anilines is 1. The van der Waals surface area contributed by atoms with Crippen molar-refractivity contribution in [3.8, 4) is 11.3 Å². The Hall–Kier alpha value is -4.12. The molecule has 0 saturated heterocycles. The van der Waals surface area contributed by atoms with Gasteiger partial charge in [-0.2, -0.15) is 0 Å². The van der Waals surface area contributed by atoms with E-state index in [4.69, 9.17) is 0 Å². The zero-order valence-electron chi connectivity index (χ0n) is 15.4. The average Bonchev–Trinajstić information content (AvgIpc) is 3.18. The molecule has 2 aromatic heterocycles. The molecule has 0 aliphatic carbocycles. The summed E-state index contributed by atoms with van der Waals surface area (Å²) in [6, 6.07) is 24.9. The van der Waals surface area contributed by atoms with Gasteiger partial charge in [-0.15, -0.1) is 0 Å². The third-order valence-electron chi connectivity index (χ3n) is 5.00. The number of carbonyl (C=O) groups excluding carboxylic acids is 1. The van der Waals surface area contributed by atoms with E-state index in [0.29, 0.717) is 16.6 Å². The molecule has 140 valence electrons. The highest BCUT2D eigenvalue weighted by Crippen LogP contribution is 2.26. The third kappa shape index (κ3) is 3.08. The van der Waals surface area contributed by atoms with Crippen molar-refractivity contribution in [2.45, 2.75) is 0 Å². The van der Waals surface area contributed by atoms with Gasteiger partial charge in [0.2, 0.25) is 5.43 Å². The van der Waals surface area contributed by atoms with Crippen LogP contribution in [-0.2, 0) is 0 Å². The molecule has 5 rings (SSSR count). The minimum Gasteiger partial charge on any atom is -0.360 e. The van der Waals surface area contributed by atoms with Crippen LogP contribution < -0.4 is 10.7 Å². The van der Waals surface area contributed by atoms with Crippen LogP contribution in [0.1, 0.15) is 10.4 Å². The van der Waals surface area contributed by atoms with E-state index in [9.17, 15) is 9.59 Å². The maximum absolute atomic E-state index is 12.7. The van der Waals surface area contributed by atoms with Gasteiger partial charge in [-0.05, 0) is 42.0 Å². The largest absolute Gasteiger partial charge is 0.360 e. The van der Waals surface area contributed by atoms with E-state index in [1.54, 1.807) is 12.1 Å². The quantitative estimate of drug-likeness (QED) is 0.416. The van der Waals surface area contributed by atoms with Crippen LogP contribution in [0.5, 0.6) is 0 Å². The van der Waals surface area contributed by atoms with Gasteiger partial charge in [-0.25, -0.2) is 0 Å². The first kappa shape index (κ1) is 17.0. The molecular weight excluding hydrogens is 362 g/mol. The first-order valence-electron chi connectivity index (χ1n) is 9.29. The number of aromatic amines is 2. The molecule has 0 aliphatic rings. The van der Waals surface area contributed by atoms with Crippen LogP contribution in [0, 0.1) is 0 Å². The molecule has 29 heavy (non-hydrogen) atoms. The van der Waals surface area contributed by atoms with Gasteiger partial charge in [0.25, 0.3) is 5.91 Å². The predicted molar refractivity (Wildman–Crippen MR) is 116 cm³/mol. The first-order chi connectivity index (χ1) is 14.2. The van der Waals surface area contributed by atoms with Gasteiger partial charge in [0.1, 0.15) is 5.56 Å². The number of fused-ring (bicyclic) bond motifs is 2. The molecule has 5 aromatic rings. The van der Waals surface area contributed by atoms with Crippen LogP contribution in [-0.4, -0.2) is 15.9 Å². The van der Waals surface area contributed by atoms with Crippen LogP contribution in [0.3, 0.4) is 0 Å². The minimum atomic E-state index is -0.435. The molecule has 3 aromatic carbocycles. The Kier molecular flexibility index (Phi) is 3.99. The van der Waals surface area contributed by atoms with E-state index in [0.717, 1.165) is 22.2 Å². The van der Waals surface area contributed by atoms with Crippen LogP contribution in [0.25, 0.3) is 33.1 Å². The van der Waals surface area contributed by atoms with Gasteiger partial charge in [-0.3, -0.25) is 9.59 Å². The van der Waals surface area contributed by atoms with Gasteiger partial charge in [0.15, 0.2) is 0 Å². The fourth-order valence-corrected chi connectivity index (χ4v) is 3.52. The molecule has 0 atom stereocenters. The van der Waals surface area contributed by atoms with E-state index in [1.165, 1.54) is 6.20 Å². The number of benzene rings is 3. The van der Waals surface area contributed by atoms with Crippen molar-refractivity contribution < 1.29 is 4.79 Å². The highest BCUT2D eigenvalue weighted by molar-refractivity contribution is 6.06. The number of hydrogen-bond acceptors (Lipinski definition) is 2. The molecule has 5 nitrogen and oxygen atoms in total. The molecule has 0 fully saturated rings. The molecular formula is C24H17N3O2. The highest BCUT2D eigenvalue weighted by Gasteiger charge is 2.13. The van der Waals surface area contributed by atoms with Gasteiger partial charge in [0, 0.05) is 39.4 Å². The van der Waals surface area contributed by atoms with Gasteiger partial charge in [-0.1, -0.05) is 42.5 Å². The zero-order valence-corrected chi connectivity index (χ0v) is 15.4. The van der Waals surface area contributed by atoms with Crippen molar-refractivity contribution in [1.29, 1.82) is 0 Å². The second kappa shape index (κ2) is 6.80. The molecule has 0 spiro atoms. The lowest BCUT2D eigenvalue weighted by Crippen LogP contribution is -2.21. The number of amides is 1. The molecule has 5 heteroatoms. The second-order valence-corrected chi connectivity index (χ2v) is 6.88. The molecule has 1 amide bonds. The predicted octanol–water partition coefficient (Wildman–Crippen LogP) is 4.93. The fourth-order valence-electron chi connectivity index (χ4n) is 3.52. The SMILES string of the molecule is O=C(Nc1ccc2[nH]c(-c3ccccc3)cc2c1)c1c[nH]c2ccccc2c1=O. The molecule has 0 bridgehead atoms. The number of pyridine rings is 1. The first-order valence-corrected chi connectivity index (χ1v) is 9.29. The summed E-state index contributed by atoms with van der Waals surface area (Å²) < 4.78 is 0. The lowest BCUT2D eigenvalue weighted by molar-refractivity contribution is 0.102. The summed E-state index contributed by atoms with van der Waals surface area (Å²) in [6.07, 6.45) is 1.46. The topological polar surface area (TPSA) is 77.8 Å². The van der Waals surface area contributed by atoms with Crippen molar-refractivity contribution in [2.24, 2.45) is 0 Å². The number of hydrogen-bond donors (Lipinski definition) is 3. The monoisotopic (exact) mass is 379 g/mol. The maximum Gasteiger partial charge on any atom is 0.261 e. The second-order valence-electron chi connectivity index (χ2n) is 6.88. The summed E-state index contributed by atoms with van der Waals surface area (Å²) in [5.74, 6) is -0.435. The number of aromatic nitrogens is 2. The molecule has 0 saturated carbocycles. The van der Waals surface area contributed by atoms with Crippen molar-refractivity contribution in [2.75, 3.05) is 5.32 Å². The van der Waals surface area contributed by atoms with Gasteiger partial charge >= 0.3 is 0 Å². The molecule has 2 heterocycles. The Balaban J connectivity index is 1.46. The molecule has 0 aliphatic heterocycles. The van der Waals surface area contributed by atoms with Gasteiger partial charge in [0.05, 0.1) is 0 Å². The Morgan fingerprint density at radius 1 is 0.828 bits per heavy atom. The lowest BCUT2D eigenvalue weighted by atomic mass is 10.1. The maximum atomic E-state index is 12.7. The number of para-hydroxylation sites is 1. The molecule has 3 N–H and O–H groups in total. The lowest BCUT2D eigenvalue weighted by Gasteiger charge is -2.06. The normalized spacial score (nSPS) is 11.0. The Morgan fingerprint density at radius 2 is 1.62 bits per heavy atom. The van der Waals surface area contributed by atoms with Crippen molar-refractivity contribution in [1.82, 2.24) is 9.97 Å². The van der Waals surface area contributed by atoms with E-state index in [1.807, 2.05) is 66.7 Å².